The van der Waals surface area contributed by atoms with Gasteiger partial charge in [0.1, 0.15) is 12.9 Å². The maximum Gasteiger partial charge on any atom is 0.120 e. The monoisotopic (exact) mass is 225 g/mol. The Morgan fingerprint density at radius 1 is 1.40 bits per heavy atom. The third-order valence-electron chi connectivity index (χ3n) is 2.41. The zero-order valence-corrected chi connectivity index (χ0v) is 9.96. The lowest BCUT2D eigenvalue weighted by molar-refractivity contribution is 0.303. The second-order valence-corrected chi connectivity index (χ2v) is 7.57. The van der Waals surface area contributed by atoms with Gasteiger partial charge in [0.2, 0.25) is 0 Å². The number of nitrogens with two attached hydrogens (primary N) is 1. The Labute approximate surface area is 90.0 Å². The number of rotatable bonds is 3. The predicted molar refractivity (Wildman–Crippen MR) is 63.6 cm³/mol. The van der Waals surface area contributed by atoms with Crippen molar-refractivity contribution in [2.24, 2.45) is 0 Å². The Morgan fingerprint density at radius 2 is 2.07 bits per heavy atom. The van der Waals surface area contributed by atoms with Crippen molar-refractivity contribution in [1.29, 1.82) is 0 Å². The Balaban J connectivity index is 2.31. The number of hydrogen-bond acceptors (Lipinski definition) is 3. The molecule has 3 nitrogen and oxygen atoms in total. The Morgan fingerprint density at radius 3 is 2.60 bits per heavy atom. The first-order valence-corrected chi connectivity index (χ1v) is 7.68. The summed E-state index contributed by atoms with van der Waals surface area (Å²) in [5.41, 5.74) is 6.38. The van der Waals surface area contributed by atoms with Crippen LogP contribution in [-0.2, 0) is 4.57 Å². The first-order valence-electron chi connectivity index (χ1n) is 5.08. The molecule has 0 radical (unpaired) electrons. The zero-order chi connectivity index (χ0) is 11.1. The first-order chi connectivity index (χ1) is 6.97. The van der Waals surface area contributed by atoms with Crippen molar-refractivity contribution in [3.8, 4) is 5.75 Å². The van der Waals surface area contributed by atoms with Gasteiger partial charge in [-0.3, -0.25) is 0 Å². The van der Waals surface area contributed by atoms with Gasteiger partial charge in [-0.15, -0.1) is 0 Å². The maximum atomic E-state index is 12.0. The summed E-state index contributed by atoms with van der Waals surface area (Å²) in [5.74, 6) is 0.783. The first kappa shape index (κ1) is 10.6. The Hall–Kier alpha value is -0.950. The molecule has 1 saturated carbocycles. The van der Waals surface area contributed by atoms with Crippen LogP contribution in [0.1, 0.15) is 12.8 Å². The van der Waals surface area contributed by atoms with Gasteiger partial charge in [0.15, 0.2) is 0 Å². The standard InChI is InChI=1S/C11H16NO2P/c1-15(2,13)11-7-9(5-6-10(11)12)14-8-3-4-8/h5-8H,3-4,12H2,1-2H3. The summed E-state index contributed by atoms with van der Waals surface area (Å²) in [5, 5.41) is 0.723. The predicted octanol–water partition coefficient (Wildman–Crippen LogP) is 2.06. The van der Waals surface area contributed by atoms with Gasteiger partial charge in [-0.05, 0) is 44.4 Å². The van der Waals surface area contributed by atoms with E-state index in [1.165, 1.54) is 0 Å². The fourth-order valence-electron chi connectivity index (χ4n) is 1.44. The molecule has 0 saturated heterocycles. The van der Waals surface area contributed by atoms with Gasteiger partial charge < -0.3 is 15.0 Å². The fourth-order valence-corrected chi connectivity index (χ4v) is 2.58. The summed E-state index contributed by atoms with van der Waals surface area (Å²) >= 11 is 0. The van der Waals surface area contributed by atoms with Crippen LogP contribution in [0.4, 0.5) is 5.69 Å². The molecule has 0 aliphatic heterocycles. The lowest BCUT2D eigenvalue weighted by Gasteiger charge is -2.12. The topological polar surface area (TPSA) is 52.3 Å². The Bertz CT molecular complexity index is 421. The maximum absolute atomic E-state index is 12.0. The van der Waals surface area contributed by atoms with E-state index in [0.717, 1.165) is 23.9 Å². The van der Waals surface area contributed by atoms with Gasteiger partial charge in [0, 0.05) is 11.0 Å². The van der Waals surface area contributed by atoms with Gasteiger partial charge in [-0.1, -0.05) is 0 Å². The molecule has 0 bridgehead atoms. The van der Waals surface area contributed by atoms with E-state index in [1.54, 1.807) is 19.4 Å². The summed E-state index contributed by atoms with van der Waals surface area (Å²) < 4.78 is 17.6. The highest BCUT2D eigenvalue weighted by atomic mass is 31.2. The van der Waals surface area contributed by atoms with Gasteiger partial charge >= 0.3 is 0 Å². The Kier molecular flexibility index (Phi) is 2.51. The smallest absolute Gasteiger partial charge is 0.120 e. The molecule has 4 heteroatoms. The van der Waals surface area contributed by atoms with Crippen LogP contribution in [0.15, 0.2) is 18.2 Å². The average Bonchev–Trinajstić information content (AvgIpc) is 2.90. The summed E-state index contributed by atoms with van der Waals surface area (Å²) in [6.45, 7) is 3.44. The van der Waals surface area contributed by atoms with E-state index in [9.17, 15) is 4.57 Å². The van der Waals surface area contributed by atoms with Gasteiger partial charge in [0.25, 0.3) is 0 Å². The molecule has 15 heavy (non-hydrogen) atoms. The van der Waals surface area contributed by atoms with Crippen LogP contribution in [0.5, 0.6) is 5.75 Å². The molecule has 0 amide bonds. The molecule has 0 spiro atoms. The lowest BCUT2D eigenvalue weighted by atomic mass is 10.3. The molecular formula is C11H16NO2P. The molecule has 0 aromatic heterocycles. The molecule has 1 aromatic carbocycles. The van der Waals surface area contributed by atoms with E-state index in [0.29, 0.717) is 11.8 Å². The third kappa shape index (κ3) is 2.54. The van der Waals surface area contributed by atoms with Crippen LogP contribution in [0.2, 0.25) is 0 Å². The summed E-state index contributed by atoms with van der Waals surface area (Å²) in [4.78, 5) is 0. The number of ether oxygens (including phenoxy) is 1. The quantitative estimate of drug-likeness (QED) is 0.632. The highest BCUT2D eigenvalue weighted by Gasteiger charge is 2.24. The van der Waals surface area contributed by atoms with Crippen molar-refractivity contribution in [3.63, 3.8) is 0 Å². The van der Waals surface area contributed by atoms with Gasteiger partial charge in [-0.25, -0.2) is 0 Å². The van der Waals surface area contributed by atoms with Gasteiger partial charge in [-0.2, -0.15) is 0 Å². The molecule has 0 heterocycles. The lowest BCUT2D eigenvalue weighted by Crippen LogP contribution is -2.10. The van der Waals surface area contributed by atoms with E-state index in [4.69, 9.17) is 10.5 Å². The summed E-state index contributed by atoms with van der Waals surface area (Å²) in [7, 11) is -2.31. The zero-order valence-electron chi connectivity index (χ0n) is 9.06. The molecule has 1 fully saturated rings. The second kappa shape index (κ2) is 3.57. The molecule has 1 aromatic rings. The molecule has 0 unspecified atom stereocenters. The largest absolute Gasteiger partial charge is 0.490 e. The number of nitrogen functional groups attached to an aromatic ring is 1. The number of hydrogen-bond donors (Lipinski definition) is 1. The van der Waals surface area contributed by atoms with E-state index in [2.05, 4.69) is 0 Å². The minimum Gasteiger partial charge on any atom is -0.490 e. The van der Waals surface area contributed by atoms with Crippen LogP contribution in [0, 0.1) is 0 Å². The van der Waals surface area contributed by atoms with Crippen LogP contribution >= 0.6 is 7.14 Å². The van der Waals surface area contributed by atoms with Crippen molar-refractivity contribution in [1.82, 2.24) is 0 Å². The highest BCUT2D eigenvalue weighted by molar-refractivity contribution is 7.70. The van der Waals surface area contributed by atoms with E-state index in [1.807, 2.05) is 12.1 Å². The molecule has 2 rings (SSSR count). The molecule has 2 N–H and O–H groups in total. The van der Waals surface area contributed by atoms with Crippen LogP contribution in [0.3, 0.4) is 0 Å². The van der Waals surface area contributed by atoms with Crippen molar-refractivity contribution in [3.05, 3.63) is 18.2 Å². The van der Waals surface area contributed by atoms with Crippen LogP contribution in [-0.4, -0.2) is 19.4 Å². The minimum absolute atomic E-state index is 0.356. The minimum atomic E-state index is -2.31. The molecule has 1 aliphatic carbocycles. The molecular weight excluding hydrogens is 209 g/mol. The van der Waals surface area contributed by atoms with Crippen molar-refractivity contribution in [2.45, 2.75) is 18.9 Å². The van der Waals surface area contributed by atoms with E-state index in [-0.39, 0.29) is 0 Å². The third-order valence-corrected chi connectivity index (χ3v) is 3.96. The average molecular weight is 225 g/mol. The second-order valence-electron chi connectivity index (χ2n) is 4.39. The number of benzene rings is 1. The normalized spacial score (nSPS) is 16.4. The number of anilines is 1. The van der Waals surface area contributed by atoms with Crippen LogP contribution in [0.25, 0.3) is 0 Å². The van der Waals surface area contributed by atoms with Crippen molar-refractivity contribution >= 4 is 18.1 Å². The summed E-state index contributed by atoms with van der Waals surface area (Å²) in [6, 6.07) is 5.42. The molecule has 0 atom stereocenters. The van der Waals surface area contributed by atoms with E-state index >= 15 is 0 Å². The van der Waals surface area contributed by atoms with E-state index < -0.39 is 7.14 Å². The highest BCUT2D eigenvalue weighted by Crippen LogP contribution is 2.38. The molecule has 1 aliphatic rings. The molecule has 82 valence electrons. The van der Waals surface area contributed by atoms with Crippen LogP contribution < -0.4 is 15.8 Å². The fraction of sp³-hybridized carbons (Fsp3) is 0.455. The van der Waals surface area contributed by atoms with Crippen molar-refractivity contribution in [2.75, 3.05) is 19.1 Å². The van der Waals surface area contributed by atoms with Crippen molar-refractivity contribution < 1.29 is 9.30 Å². The SMILES string of the molecule is CP(C)(=O)c1cc(OC2CC2)ccc1N. The summed E-state index contributed by atoms with van der Waals surface area (Å²) in [6.07, 6.45) is 2.60. The van der Waals surface area contributed by atoms with Gasteiger partial charge in [0.05, 0.1) is 6.10 Å².